The van der Waals surface area contributed by atoms with Crippen LogP contribution in [0.3, 0.4) is 0 Å². The van der Waals surface area contributed by atoms with Crippen LogP contribution in [0.1, 0.15) is 194 Å². The van der Waals surface area contributed by atoms with Crippen molar-refractivity contribution >= 4 is 11.9 Å². The molecule has 0 spiro atoms. The lowest BCUT2D eigenvalue weighted by Gasteiger charge is -2.04. The van der Waals surface area contributed by atoms with E-state index in [1.54, 1.807) is 0 Å². The third-order valence-corrected chi connectivity index (χ3v) is 7.51. The average Bonchev–Trinajstić information content (AvgIpc) is 2.96. The molecule has 0 saturated carbocycles. The van der Waals surface area contributed by atoms with E-state index in [9.17, 15) is 9.59 Å². The number of hydrogen-bond donors (Lipinski definition) is 0. The zero-order valence-corrected chi connectivity index (χ0v) is 26.7. The van der Waals surface area contributed by atoms with Crippen LogP contribution in [-0.4, -0.2) is 11.9 Å². The number of hydrogen-bond acceptors (Lipinski definition) is 4. The predicted molar refractivity (Wildman–Crippen MR) is 171 cm³/mol. The summed E-state index contributed by atoms with van der Waals surface area (Å²) < 4.78 is 0. The maximum Gasteiger partial charge on any atom is 0.355 e. The Morgan fingerprint density at radius 1 is 0.375 bits per heavy atom. The molecule has 0 aromatic heterocycles. The van der Waals surface area contributed by atoms with E-state index in [-0.39, 0.29) is 0 Å². The van der Waals surface area contributed by atoms with Gasteiger partial charge in [0.15, 0.2) is 0 Å². The van der Waals surface area contributed by atoms with Gasteiger partial charge >= 0.3 is 11.9 Å². The molecular formula is C36H66O4. The van der Waals surface area contributed by atoms with Crippen molar-refractivity contribution in [2.75, 3.05) is 0 Å². The fourth-order valence-corrected chi connectivity index (χ4v) is 4.86. The van der Waals surface area contributed by atoms with Gasteiger partial charge in [-0.25, -0.2) is 19.4 Å². The minimum atomic E-state index is -0.435. The van der Waals surface area contributed by atoms with Gasteiger partial charge in [0.2, 0.25) is 0 Å². The van der Waals surface area contributed by atoms with Gasteiger partial charge in [0, 0.05) is 0 Å². The summed E-state index contributed by atoms with van der Waals surface area (Å²) in [5.74, 6) is -0.869. The first-order valence-corrected chi connectivity index (χ1v) is 17.4. The van der Waals surface area contributed by atoms with Crippen LogP contribution in [0.5, 0.6) is 0 Å². The molecule has 0 bridgehead atoms. The molecule has 0 aromatic carbocycles. The molecule has 0 rings (SSSR count). The molecule has 40 heavy (non-hydrogen) atoms. The smallest absolute Gasteiger partial charge is 0.247 e. The minimum Gasteiger partial charge on any atom is -0.247 e. The monoisotopic (exact) mass is 562 g/mol. The van der Waals surface area contributed by atoms with Crippen LogP contribution < -0.4 is 0 Å². The lowest BCUT2D eigenvalue weighted by atomic mass is 10.1. The molecule has 0 aromatic rings. The van der Waals surface area contributed by atoms with Crippen LogP contribution in [0.25, 0.3) is 0 Å². The topological polar surface area (TPSA) is 52.6 Å². The third kappa shape index (κ3) is 32.6. The maximum absolute atomic E-state index is 11.8. The Morgan fingerprint density at radius 3 is 0.925 bits per heavy atom. The standard InChI is InChI=1S/C36H66O4/c1-3-5-7-9-11-13-15-17-19-21-23-25-27-29-31-33-35(37)39-40-36(38)34-32-30-28-26-24-22-20-18-16-14-12-10-8-6-4-2/h17-20H,3-16,21-34H2,1-2H3. The lowest BCUT2D eigenvalue weighted by Crippen LogP contribution is -2.11. The second kappa shape index (κ2) is 33.6. The van der Waals surface area contributed by atoms with E-state index in [4.69, 9.17) is 9.78 Å². The molecule has 0 atom stereocenters. The van der Waals surface area contributed by atoms with Crippen molar-refractivity contribution in [1.82, 2.24) is 0 Å². The summed E-state index contributed by atoms with van der Waals surface area (Å²) >= 11 is 0. The fraction of sp³-hybridized carbons (Fsp3) is 0.833. The SMILES string of the molecule is CCCCCCCCC=CCCCCCCCC(=O)OOC(=O)CCCCCCCC=CCCCCCCCC. The molecule has 0 aliphatic rings. The Labute approximate surface area is 249 Å². The van der Waals surface area contributed by atoms with Crippen molar-refractivity contribution in [3.05, 3.63) is 24.3 Å². The molecule has 0 amide bonds. The third-order valence-electron chi connectivity index (χ3n) is 7.51. The lowest BCUT2D eigenvalue weighted by molar-refractivity contribution is -0.259. The van der Waals surface area contributed by atoms with Gasteiger partial charge in [0.05, 0.1) is 12.8 Å². The highest BCUT2D eigenvalue weighted by molar-refractivity contribution is 5.72. The Kier molecular flexibility index (Phi) is 32.3. The van der Waals surface area contributed by atoms with E-state index in [2.05, 4.69) is 38.2 Å². The molecule has 4 heteroatoms. The normalized spacial score (nSPS) is 11.6. The molecule has 0 radical (unpaired) electrons. The van der Waals surface area contributed by atoms with Crippen molar-refractivity contribution in [1.29, 1.82) is 0 Å². The van der Waals surface area contributed by atoms with Gasteiger partial charge < -0.3 is 0 Å². The number of carbonyl (C=O) groups is 2. The van der Waals surface area contributed by atoms with E-state index in [0.29, 0.717) is 12.8 Å². The van der Waals surface area contributed by atoms with Gasteiger partial charge in [-0.2, -0.15) is 0 Å². The zero-order chi connectivity index (χ0) is 29.2. The van der Waals surface area contributed by atoms with Crippen molar-refractivity contribution in [3.8, 4) is 0 Å². The second-order valence-electron chi connectivity index (χ2n) is 11.6. The number of allylic oxidation sites excluding steroid dienone is 4. The van der Waals surface area contributed by atoms with Gasteiger partial charge in [0.1, 0.15) is 0 Å². The van der Waals surface area contributed by atoms with Crippen LogP contribution in [0.15, 0.2) is 24.3 Å². The molecule has 0 heterocycles. The van der Waals surface area contributed by atoms with Crippen LogP contribution in [0.2, 0.25) is 0 Å². The summed E-state index contributed by atoms with van der Waals surface area (Å²) in [5.41, 5.74) is 0. The van der Waals surface area contributed by atoms with Crippen molar-refractivity contribution in [2.45, 2.75) is 194 Å². The van der Waals surface area contributed by atoms with Crippen molar-refractivity contribution in [2.24, 2.45) is 0 Å². The minimum absolute atomic E-state index is 0.318. The summed E-state index contributed by atoms with van der Waals surface area (Å²) in [6, 6.07) is 0. The molecular weight excluding hydrogens is 496 g/mol. The molecule has 0 aliphatic heterocycles. The Hall–Kier alpha value is -1.58. The zero-order valence-electron chi connectivity index (χ0n) is 26.7. The van der Waals surface area contributed by atoms with E-state index < -0.39 is 11.9 Å². The molecule has 0 unspecified atom stereocenters. The van der Waals surface area contributed by atoms with E-state index in [0.717, 1.165) is 51.4 Å². The molecule has 0 N–H and O–H groups in total. The summed E-state index contributed by atoms with van der Waals surface area (Å²) in [6.45, 7) is 4.52. The largest absolute Gasteiger partial charge is 0.355 e. The highest BCUT2D eigenvalue weighted by Gasteiger charge is 2.09. The molecule has 0 aliphatic carbocycles. The Bertz CT molecular complexity index is 544. The van der Waals surface area contributed by atoms with Crippen LogP contribution >= 0.6 is 0 Å². The van der Waals surface area contributed by atoms with Gasteiger partial charge in [-0.05, 0) is 64.2 Å². The van der Waals surface area contributed by atoms with Crippen LogP contribution in [0, 0.1) is 0 Å². The highest BCUT2D eigenvalue weighted by Crippen LogP contribution is 2.12. The number of carbonyl (C=O) groups excluding carboxylic acids is 2. The average molecular weight is 563 g/mol. The van der Waals surface area contributed by atoms with Crippen molar-refractivity contribution < 1.29 is 19.4 Å². The fourth-order valence-electron chi connectivity index (χ4n) is 4.86. The van der Waals surface area contributed by atoms with Crippen LogP contribution in [-0.2, 0) is 19.4 Å². The summed E-state index contributed by atoms with van der Waals surface area (Å²) in [4.78, 5) is 32.9. The molecule has 0 saturated heterocycles. The Balaban J connectivity index is 3.36. The molecule has 0 fully saturated rings. The quantitative estimate of drug-likeness (QED) is 0.0378. The maximum atomic E-state index is 11.8. The Morgan fingerprint density at radius 2 is 0.625 bits per heavy atom. The summed E-state index contributed by atoms with van der Waals surface area (Å²) in [6.07, 6.45) is 41.7. The molecule has 4 nitrogen and oxygen atoms in total. The van der Waals surface area contributed by atoms with Gasteiger partial charge in [-0.15, -0.1) is 0 Å². The summed E-state index contributed by atoms with van der Waals surface area (Å²) in [5, 5.41) is 0. The first-order chi connectivity index (χ1) is 19.7. The number of rotatable bonds is 30. The van der Waals surface area contributed by atoms with E-state index >= 15 is 0 Å². The van der Waals surface area contributed by atoms with E-state index in [1.165, 1.54) is 116 Å². The van der Waals surface area contributed by atoms with E-state index in [1.807, 2.05) is 0 Å². The van der Waals surface area contributed by atoms with Crippen LogP contribution in [0.4, 0.5) is 0 Å². The van der Waals surface area contributed by atoms with Gasteiger partial charge in [0.25, 0.3) is 0 Å². The predicted octanol–water partition coefficient (Wildman–Crippen LogP) is 12.1. The van der Waals surface area contributed by atoms with Crippen molar-refractivity contribution in [3.63, 3.8) is 0 Å². The number of unbranched alkanes of at least 4 members (excludes halogenated alkanes) is 22. The second-order valence-corrected chi connectivity index (χ2v) is 11.6. The highest BCUT2D eigenvalue weighted by atomic mass is 17.2. The molecule has 234 valence electrons. The first-order valence-electron chi connectivity index (χ1n) is 17.4. The summed E-state index contributed by atoms with van der Waals surface area (Å²) in [7, 11) is 0. The van der Waals surface area contributed by atoms with Gasteiger partial charge in [-0.3, -0.25) is 0 Å². The first kappa shape index (κ1) is 38.4. The van der Waals surface area contributed by atoms with Gasteiger partial charge in [-0.1, -0.05) is 141 Å².